The van der Waals surface area contributed by atoms with Crippen molar-refractivity contribution >= 4 is 22.7 Å². The molecule has 0 aliphatic carbocycles. The largest absolute Gasteiger partial charge is 0.395 e. The third-order valence-electron chi connectivity index (χ3n) is 4.01. The smallest absolute Gasteiger partial charge is 0.299 e. The molecule has 0 bridgehead atoms. The Kier molecular flexibility index (Phi) is 5.32. The van der Waals surface area contributed by atoms with Crippen molar-refractivity contribution in [1.29, 1.82) is 0 Å². The third kappa shape index (κ3) is 3.67. The van der Waals surface area contributed by atoms with Crippen molar-refractivity contribution in [3.8, 4) is 0 Å². The predicted octanol–water partition coefficient (Wildman–Crippen LogP) is 1.92. The number of nitro benzene ring substituents is 2. The summed E-state index contributed by atoms with van der Waals surface area (Å²) in [6, 6.07) is 2.52. The van der Waals surface area contributed by atoms with Crippen molar-refractivity contribution in [2.75, 3.05) is 43.1 Å². The van der Waals surface area contributed by atoms with Crippen LogP contribution in [-0.2, 0) is 0 Å². The topological polar surface area (TPSA) is 113 Å². The van der Waals surface area contributed by atoms with E-state index in [0.29, 0.717) is 18.8 Å². The van der Waals surface area contributed by atoms with E-state index in [2.05, 4.69) is 0 Å². The summed E-state index contributed by atoms with van der Waals surface area (Å²) in [6.07, 6.45) is 2.96. The summed E-state index contributed by atoms with van der Waals surface area (Å²) in [5.74, 6) is 0. The van der Waals surface area contributed by atoms with E-state index in [0.717, 1.165) is 25.3 Å². The summed E-state index contributed by atoms with van der Waals surface area (Å²) < 4.78 is 0. The van der Waals surface area contributed by atoms with Gasteiger partial charge in [-0.3, -0.25) is 20.2 Å². The molecule has 126 valence electrons. The van der Waals surface area contributed by atoms with Crippen LogP contribution in [0, 0.1) is 20.2 Å². The number of benzene rings is 1. The van der Waals surface area contributed by atoms with E-state index in [1.165, 1.54) is 11.0 Å². The van der Waals surface area contributed by atoms with Crippen LogP contribution in [-0.4, -0.2) is 48.2 Å². The SMILES string of the molecule is CN(CCO)c1cc(N2CCCCC2)c([N+](=O)[O-])cc1[N+](=O)[O-]. The molecular weight excluding hydrogens is 304 g/mol. The highest BCUT2D eigenvalue weighted by Crippen LogP contribution is 2.40. The lowest BCUT2D eigenvalue weighted by Gasteiger charge is -2.29. The Morgan fingerprint density at radius 2 is 1.74 bits per heavy atom. The molecule has 1 aliphatic rings. The van der Waals surface area contributed by atoms with Gasteiger partial charge in [0.25, 0.3) is 11.4 Å². The maximum atomic E-state index is 11.3. The van der Waals surface area contributed by atoms with Crippen molar-refractivity contribution in [3.05, 3.63) is 32.4 Å². The molecule has 0 saturated carbocycles. The first-order chi connectivity index (χ1) is 11.0. The minimum Gasteiger partial charge on any atom is -0.395 e. The fraction of sp³-hybridized carbons (Fsp3) is 0.571. The van der Waals surface area contributed by atoms with Crippen LogP contribution in [0.25, 0.3) is 0 Å². The van der Waals surface area contributed by atoms with E-state index in [1.54, 1.807) is 7.05 Å². The van der Waals surface area contributed by atoms with E-state index >= 15 is 0 Å². The van der Waals surface area contributed by atoms with Gasteiger partial charge in [0.2, 0.25) is 0 Å². The Bertz CT molecular complexity index is 601. The molecule has 9 nitrogen and oxygen atoms in total. The Labute approximate surface area is 133 Å². The van der Waals surface area contributed by atoms with Crippen molar-refractivity contribution in [3.63, 3.8) is 0 Å². The molecule has 23 heavy (non-hydrogen) atoms. The maximum Gasteiger partial charge on any atom is 0.299 e. The Hall–Kier alpha value is -2.42. The minimum atomic E-state index is -0.629. The Morgan fingerprint density at radius 3 is 2.26 bits per heavy atom. The highest BCUT2D eigenvalue weighted by Gasteiger charge is 2.29. The van der Waals surface area contributed by atoms with Gasteiger partial charge in [-0.1, -0.05) is 0 Å². The zero-order valence-electron chi connectivity index (χ0n) is 13.0. The second-order valence-corrected chi connectivity index (χ2v) is 5.54. The van der Waals surface area contributed by atoms with Gasteiger partial charge in [0.15, 0.2) is 0 Å². The standard InChI is InChI=1S/C14H20N4O5/c1-15(7-8-19)11-9-12(16-5-3-2-4-6-16)14(18(22)23)10-13(11)17(20)21/h9-10,19H,2-8H2,1H3. The van der Waals surface area contributed by atoms with E-state index in [4.69, 9.17) is 5.11 Å². The number of nitro groups is 2. The first-order valence-corrected chi connectivity index (χ1v) is 7.49. The number of likely N-dealkylation sites (N-methyl/N-ethyl adjacent to an activating group) is 1. The van der Waals surface area contributed by atoms with Gasteiger partial charge in [0.05, 0.1) is 22.5 Å². The molecule has 1 aliphatic heterocycles. The van der Waals surface area contributed by atoms with E-state index in [9.17, 15) is 20.2 Å². The van der Waals surface area contributed by atoms with Crippen LogP contribution in [0.3, 0.4) is 0 Å². The zero-order valence-corrected chi connectivity index (χ0v) is 13.0. The molecule has 0 radical (unpaired) electrons. The normalized spacial score (nSPS) is 14.6. The number of rotatable bonds is 6. The van der Waals surface area contributed by atoms with Gasteiger partial charge in [-0.15, -0.1) is 0 Å². The van der Waals surface area contributed by atoms with Crippen LogP contribution in [0.1, 0.15) is 19.3 Å². The molecule has 1 N–H and O–H groups in total. The number of hydrogen-bond donors (Lipinski definition) is 1. The predicted molar refractivity (Wildman–Crippen MR) is 86.2 cm³/mol. The monoisotopic (exact) mass is 324 g/mol. The minimum absolute atomic E-state index is 0.163. The van der Waals surface area contributed by atoms with Crippen LogP contribution in [0.4, 0.5) is 22.7 Å². The van der Waals surface area contributed by atoms with E-state index in [-0.39, 0.29) is 30.2 Å². The highest BCUT2D eigenvalue weighted by molar-refractivity contribution is 5.78. The lowest BCUT2D eigenvalue weighted by molar-refractivity contribution is -0.393. The summed E-state index contributed by atoms with van der Waals surface area (Å²) >= 11 is 0. The van der Waals surface area contributed by atoms with Crippen LogP contribution >= 0.6 is 0 Å². The molecule has 1 aromatic carbocycles. The van der Waals surface area contributed by atoms with Crippen LogP contribution in [0.15, 0.2) is 12.1 Å². The average molecular weight is 324 g/mol. The molecule has 1 heterocycles. The molecule has 1 fully saturated rings. The number of aliphatic hydroxyl groups is 1. The quantitative estimate of drug-likeness (QED) is 0.628. The number of anilines is 2. The van der Waals surface area contributed by atoms with Crippen LogP contribution in [0.5, 0.6) is 0 Å². The molecule has 0 atom stereocenters. The van der Waals surface area contributed by atoms with Crippen molar-refractivity contribution < 1.29 is 15.0 Å². The molecule has 1 saturated heterocycles. The maximum absolute atomic E-state index is 11.3. The fourth-order valence-electron chi connectivity index (χ4n) is 2.81. The molecule has 1 aromatic rings. The number of aliphatic hydroxyl groups excluding tert-OH is 1. The van der Waals surface area contributed by atoms with Gasteiger partial charge in [-0.25, -0.2) is 0 Å². The van der Waals surface area contributed by atoms with Crippen molar-refractivity contribution in [1.82, 2.24) is 0 Å². The fourth-order valence-corrected chi connectivity index (χ4v) is 2.81. The lowest BCUT2D eigenvalue weighted by atomic mass is 10.1. The Balaban J connectivity index is 2.56. The van der Waals surface area contributed by atoms with Crippen LogP contribution in [0.2, 0.25) is 0 Å². The Morgan fingerprint density at radius 1 is 1.13 bits per heavy atom. The average Bonchev–Trinajstić information content (AvgIpc) is 2.54. The van der Waals surface area contributed by atoms with Crippen LogP contribution < -0.4 is 9.80 Å². The third-order valence-corrected chi connectivity index (χ3v) is 4.01. The number of hydrogen-bond acceptors (Lipinski definition) is 7. The summed E-state index contributed by atoms with van der Waals surface area (Å²) in [6.45, 7) is 1.44. The van der Waals surface area contributed by atoms with E-state index in [1.807, 2.05) is 4.90 Å². The molecule has 0 amide bonds. The highest BCUT2D eigenvalue weighted by atomic mass is 16.6. The summed E-state index contributed by atoms with van der Waals surface area (Å²) in [5.41, 5.74) is 0.100. The molecule has 0 unspecified atom stereocenters. The first kappa shape index (κ1) is 16.9. The number of piperidine rings is 1. The summed E-state index contributed by atoms with van der Waals surface area (Å²) in [5, 5.41) is 31.7. The van der Waals surface area contributed by atoms with Gasteiger partial charge in [0.1, 0.15) is 11.4 Å². The van der Waals surface area contributed by atoms with Gasteiger partial charge < -0.3 is 14.9 Å². The molecule has 0 spiro atoms. The molecule has 0 aromatic heterocycles. The van der Waals surface area contributed by atoms with Crippen molar-refractivity contribution in [2.45, 2.75) is 19.3 Å². The van der Waals surface area contributed by atoms with Gasteiger partial charge in [-0.2, -0.15) is 0 Å². The summed E-state index contributed by atoms with van der Waals surface area (Å²) in [7, 11) is 1.62. The summed E-state index contributed by atoms with van der Waals surface area (Å²) in [4.78, 5) is 24.9. The lowest BCUT2D eigenvalue weighted by Crippen LogP contribution is -2.30. The molecular formula is C14H20N4O5. The van der Waals surface area contributed by atoms with Gasteiger partial charge in [-0.05, 0) is 25.3 Å². The second kappa shape index (κ2) is 7.23. The second-order valence-electron chi connectivity index (χ2n) is 5.54. The number of nitrogens with zero attached hydrogens (tertiary/aromatic N) is 4. The zero-order chi connectivity index (χ0) is 17.0. The molecule has 2 rings (SSSR count). The van der Waals surface area contributed by atoms with Crippen molar-refractivity contribution in [2.24, 2.45) is 0 Å². The van der Waals surface area contributed by atoms with Gasteiger partial charge in [0, 0.05) is 26.7 Å². The first-order valence-electron chi connectivity index (χ1n) is 7.49. The van der Waals surface area contributed by atoms with E-state index < -0.39 is 9.85 Å². The van der Waals surface area contributed by atoms with Gasteiger partial charge >= 0.3 is 0 Å². The molecule has 9 heteroatoms.